The van der Waals surface area contributed by atoms with Gasteiger partial charge in [-0.15, -0.1) is 0 Å². The predicted octanol–water partition coefficient (Wildman–Crippen LogP) is 3.74. The minimum Gasteiger partial charge on any atom is -0.353 e. The number of nitrogens with one attached hydrogen (secondary N) is 2. The Bertz CT molecular complexity index is 932. The Kier molecular flexibility index (Phi) is 5.29. The first-order valence-electron chi connectivity index (χ1n) is 9.28. The minimum absolute atomic E-state index is 0.0601. The molecule has 3 rings (SSSR count). The Labute approximate surface area is 161 Å². The van der Waals surface area contributed by atoms with Crippen LogP contribution in [0, 0.1) is 6.92 Å². The molecule has 144 valence electrons. The summed E-state index contributed by atoms with van der Waals surface area (Å²) in [6.07, 6.45) is 2.54. The monoisotopic (exact) mass is 386 g/mol. The highest BCUT2D eigenvalue weighted by atomic mass is 32.2. The molecule has 1 aliphatic carbocycles. The molecule has 0 spiro atoms. The second kappa shape index (κ2) is 7.35. The molecular weight excluding hydrogens is 360 g/mol. The molecule has 6 heteroatoms. The van der Waals surface area contributed by atoms with Crippen LogP contribution in [0.4, 0.5) is 5.69 Å². The molecule has 2 N–H and O–H groups in total. The van der Waals surface area contributed by atoms with Crippen LogP contribution >= 0.6 is 0 Å². The van der Waals surface area contributed by atoms with Crippen LogP contribution in [0.25, 0.3) is 0 Å². The van der Waals surface area contributed by atoms with Gasteiger partial charge in [-0.2, -0.15) is 0 Å². The van der Waals surface area contributed by atoms with E-state index in [1.807, 2.05) is 39.0 Å². The molecule has 1 saturated carbocycles. The Morgan fingerprint density at radius 3 is 2.37 bits per heavy atom. The van der Waals surface area contributed by atoms with Gasteiger partial charge >= 0.3 is 0 Å². The van der Waals surface area contributed by atoms with Crippen molar-refractivity contribution in [2.24, 2.45) is 0 Å². The Balaban J connectivity index is 1.75. The molecule has 0 aliphatic heterocycles. The fraction of sp³-hybridized carbons (Fsp3) is 0.381. The summed E-state index contributed by atoms with van der Waals surface area (Å²) in [6.45, 7) is 5.89. The van der Waals surface area contributed by atoms with E-state index in [-0.39, 0.29) is 16.8 Å². The van der Waals surface area contributed by atoms with E-state index < -0.39 is 15.4 Å². The molecule has 1 atom stereocenters. The Morgan fingerprint density at radius 2 is 1.81 bits per heavy atom. The normalized spacial score (nSPS) is 16.4. The van der Waals surface area contributed by atoms with Crippen LogP contribution in [-0.2, 0) is 20.2 Å². The number of carbonyl (C=O) groups excluding carboxylic acids is 1. The van der Waals surface area contributed by atoms with Gasteiger partial charge in [0.2, 0.25) is 5.91 Å². The van der Waals surface area contributed by atoms with Crippen molar-refractivity contribution in [2.45, 2.75) is 56.4 Å². The second-order valence-corrected chi connectivity index (χ2v) is 9.05. The van der Waals surface area contributed by atoms with Crippen molar-refractivity contribution in [3.05, 3.63) is 59.7 Å². The van der Waals surface area contributed by atoms with Gasteiger partial charge in [0.25, 0.3) is 10.0 Å². The molecule has 1 amide bonds. The molecule has 1 fully saturated rings. The van der Waals surface area contributed by atoms with Crippen LogP contribution < -0.4 is 10.0 Å². The van der Waals surface area contributed by atoms with E-state index in [9.17, 15) is 13.2 Å². The molecule has 0 aromatic heterocycles. The highest BCUT2D eigenvalue weighted by molar-refractivity contribution is 7.92. The number of anilines is 1. The highest BCUT2D eigenvalue weighted by Crippen LogP contribution is 2.48. The van der Waals surface area contributed by atoms with Crippen LogP contribution in [0.5, 0.6) is 0 Å². The van der Waals surface area contributed by atoms with E-state index >= 15 is 0 Å². The smallest absolute Gasteiger partial charge is 0.261 e. The van der Waals surface area contributed by atoms with Gasteiger partial charge in [0, 0.05) is 11.7 Å². The van der Waals surface area contributed by atoms with Crippen LogP contribution in [0.1, 0.15) is 44.2 Å². The number of hydrogen-bond donors (Lipinski definition) is 2. The number of sulfonamides is 1. The molecule has 2 aromatic carbocycles. The minimum atomic E-state index is -3.63. The van der Waals surface area contributed by atoms with Crippen molar-refractivity contribution in [3.63, 3.8) is 0 Å². The first-order valence-corrected chi connectivity index (χ1v) is 10.8. The zero-order valence-electron chi connectivity index (χ0n) is 16.0. The lowest BCUT2D eigenvalue weighted by molar-refractivity contribution is -0.124. The number of carbonyl (C=O) groups is 1. The van der Waals surface area contributed by atoms with E-state index in [0.29, 0.717) is 5.69 Å². The maximum absolute atomic E-state index is 12.6. The number of amides is 1. The van der Waals surface area contributed by atoms with Crippen LogP contribution in [0.15, 0.2) is 53.4 Å². The van der Waals surface area contributed by atoms with Gasteiger partial charge in [-0.05, 0) is 68.5 Å². The van der Waals surface area contributed by atoms with Crippen molar-refractivity contribution >= 4 is 21.6 Å². The summed E-state index contributed by atoms with van der Waals surface area (Å²) in [5, 5.41) is 3.06. The van der Waals surface area contributed by atoms with Gasteiger partial charge < -0.3 is 5.32 Å². The fourth-order valence-electron chi connectivity index (χ4n) is 3.09. The van der Waals surface area contributed by atoms with E-state index in [2.05, 4.69) is 10.0 Å². The topological polar surface area (TPSA) is 75.3 Å². The first-order chi connectivity index (χ1) is 12.8. The lowest BCUT2D eigenvalue weighted by atomic mass is 9.94. The van der Waals surface area contributed by atoms with E-state index in [0.717, 1.165) is 30.4 Å². The van der Waals surface area contributed by atoms with Gasteiger partial charge in [0.05, 0.1) is 10.3 Å². The molecule has 0 radical (unpaired) electrons. The van der Waals surface area contributed by atoms with E-state index in [1.165, 1.54) is 0 Å². The largest absolute Gasteiger partial charge is 0.353 e. The molecule has 1 aliphatic rings. The summed E-state index contributed by atoms with van der Waals surface area (Å²) in [5.41, 5.74) is 1.84. The molecule has 0 unspecified atom stereocenters. The van der Waals surface area contributed by atoms with Gasteiger partial charge in [-0.25, -0.2) is 8.42 Å². The SMILES string of the molecule is CC[C@@H](C)NC(=O)C1(c2ccc(NS(=O)(=O)c3cccc(C)c3)cc2)CC1. The van der Waals surface area contributed by atoms with Crippen molar-refractivity contribution in [3.8, 4) is 0 Å². The van der Waals surface area contributed by atoms with Crippen molar-refractivity contribution in [1.29, 1.82) is 0 Å². The maximum atomic E-state index is 12.6. The number of hydrogen-bond acceptors (Lipinski definition) is 3. The summed E-state index contributed by atoms with van der Waals surface area (Å²) in [6, 6.07) is 14.1. The number of benzene rings is 2. The summed E-state index contributed by atoms with van der Waals surface area (Å²) in [7, 11) is -3.63. The summed E-state index contributed by atoms with van der Waals surface area (Å²) < 4.78 is 27.7. The third kappa shape index (κ3) is 4.16. The molecule has 0 heterocycles. The first kappa shape index (κ1) is 19.4. The zero-order valence-corrected chi connectivity index (χ0v) is 16.8. The van der Waals surface area contributed by atoms with E-state index in [4.69, 9.17) is 0 Å². The summed E-state index contributed by atoms with van der Waals surface area (Å²) >= 11 is 0. The molecule has 2 aromatic rings. The maximum Gasteiger partial charge on any atom is 0.261 e. The second-order valence-electron chi connectivity index (χ2n) is 7.36. The van der Waals surface area contributed by atoms with E-state index in [1.54, 1.807) is 30.3 Å². The van der Waals surface area contributed by atoms with Gasteiger partial charge in [0.1, 0.15) is 0 Å². The standard InChI is InChI=1S/C21H26N2O3S/c1-4-16(3)22-20(24)21(12-13-21)17-8-10-18(11-9-17)23-27(25,26)19-7-5-6-15(2)14-19/h5-11,14,16,23H,4,12-13H2,1-3H3,(H,22,24)/t16-/m1/s1. The predicted molar refractivity (Wildman–Crippen MR) is 107 cm³/mol. The van der Waals surface area contributed by atoms with Crippen LogP contribution in [-0.4, -0.2) is 20.4 Å². The molecule has 27 heavy (non-hydrogen) atoms. The van der Waals surface area contributed by atoms with Gasteiger partial charge in [-0.3, -0.25) is 9.52 Å². The third-order valence-electron chi connectivity index (χ3n) is 5.16. The molecular formula is C21H26N2O3S. The van der Waals surface area contributed by atoms with Crippen molar-refractivity contribution in [2.75, 3.05) is 4.72 Å². The highest BCUT2D eigenvalue weighted by Gasteiger charge is 2.51. The lowest BCUT2D eigenvalue weighted by Gasteiger charge is -2.19. The van der Waals surface area contributed by atoms with Crippen LogP contribution in [0.3, 0.4) is 0 Å². The average molecular weight is 387 g/mol. The Hall–Kier alpha value is -2.34. The van der Waals surface area contributed by atoms with Gasteiger partial charge in [0.15, 0.2) is 0 Å². The molecule has 5 nitrogen and oxygen atoms in total. The quantitative estimate of drug-likeness (QED) is 0.761. The summed E-state index contributed by atoms with van der Waals surface area (Å²) in [5.74, 6) is 0.0601. The van der Waals surface area contributed by atoms with Gasteiger partial charge in [-0.1, -0.05) is 31.2 Å². The van der Waals surface area contributed by atoms with Crippen LogP contribution in [0.2, 0.25) is 0 Å². The third-order valence-corrected chi connectivity index (χ3v) is 6.54. The van der Waals surface area contributed by atoms with Crippen molar-refractivity contribution < 1.29 is 13.2 Å². The number of aryl methyl sites for hydroxylation is 1. The average Bonchev–Trinajstić information content (AvgIpc) is 3.44. The van der Waals surface area contributed by atoms with Crippen molar-refractivity contribution in [1.82, 2.24) is 5.32 Å². The number of rotatable bonds is 7. The fourth-order valence-corrected chi connectivity index (χ4v) is 4.25. The summed E-state index contributed by atoms with van der Waals surface area (Å²) in [4.78, 5) is 12.8. The zero-order chi connectivity index (χ0) is 19.7. The molecule has 0 saturated heterocycles. The molecule has 0 bridgehead atoms. The Morgan fingerprint density at radius 1 is 1.15 bits per heavy atom. The lowest BCUT2D eigenvalue weighted by Crippen LogP contribution is -2.39.